The highest BCUT2D eigenvalue weighted by Crippen LogP contribution is 2.18. The molecule has 0 aliphatic heterocycles. The zero-order valence-corrected chi connectivity index (χ0v) is 13.7. The molecule has 0 aliphatic rings. The van der Waals surface area contributed by atoms with E-state index in [9.17, 15) is 14.4 Å². The molecule has 7 nitrogen and oxygen atoms in total. The van der Waals surface area contributed by atoms with E-state index in [2.05, 4.69) is 22.2 Å². The predicted octanol–water partition coefficient (Wildman–Crippen LogP) is 1.37. The number of hydrogen-bond donors (Lipinski definition) is 2. The van der Waals surface area contributed by atoms with E-state index < -0.39 is 11.2 Å². The first-order valence-electron chi connectivity index (χ1n) is 8.09. The van der Waals surface area contributed by atoms with Crippen LogP contribution in [0.1, 0.15) is 44.2 Å². The van der Waals surface area contributed by atoms with Crippen molar-refractivity contribution >= 4 is 5.91 Å². The van der Waals surface area contributed by atoms with Gasteiger partial charge in [0.15, 0.2) is 0 Å². The number of aryl methyl sites for hydroxylation is 1. The summed E-state index contributed by atoms with van der Waals surface area (Å²) in [4.78, 5) is 41.1. The molecule has 1 amide bonds. The lowest BCUT2D eigenvalue weighted by Crippen LogP contribution is -2.32. The molecule has 0 radical (unpaired) electrons. The van der Waals surface area contributed by atoms with Crippen LogP contribution in [-0.4, -0.2) is 20.4 Å². The molecule has 0 aliphatic carbocycles. The van der Waals surface area contributed by atoms with Crippen LogP contribution in [0.2, 0.25) is 0 Å². The summed E-state index contributed by atoms with van der Waals surface area (Å²) in [7, 11) is 0. The second-order valence-electron chi connectivity index (χ2n) is 5.60. The van der Waals surface area contributed by atoms with Gasteiger partial charge in [0, 0.05) is 37.6 Å². The van der Waals surface area contributed by atoms with Crippen LogP contribution in [0, 0.1) is 0 Å². The molecule has 0 unspecified atom stereocenters. The van der Waals surface area contributed by atoms with E-state index in [1.165, 1.54) is 16.8 Å². The molecule has 0 aromatic carbocycles. The standard InChI is InChI=1S/C17H22N4O3/c1-2-3-6-14(13-5-4-9-18-12-13)19-15(22)7-10-21-11-8-16(23)20-17(21)24/h4-5,8-9,11-12,14H,2-3,6-7,10H2,1H3,(H,19,22)(H,20,23,24)/t14-/m1/s1. The first kappa shape index (κ1) is 17.7. The maximum Gasteiger partial charge on any atom is 0.328 e. The van der Waals surface area contributed by atoms with Crippen molar-refractivity contribution < 1.29 is 4.79 Å². The monoisotopic (exact) mass is 330 g/mol. The number of aromatic nitrogens is 3. The number of amides is 1. The summed E-state index contributed by atoms with van der Waals surface area (Å²) in [5, 5.41) is 3.00. The van der Waals surface area contributed by atoms with Gasteiger partial charge in [-0.3, -0.25) is 19.6 Å². The Labute approximate surface area is 139 Å². The summed E-state index contributed by atoms with van der Waals surface area (Å²) in [6.07, 6.45) is 7.89. The number of pyridine rings is 1. The number of nitrogens with zero attached hydrogens (tertiary/aromatic N) is 2. The van der Waals surface area contributed by atoms with Crippen LogP contribution in [0.25, 0.3) is 0 Å². The Balaban J connectivity index is 1.97. The van der Waals surface area contributed by atoms with Crippen LogP contribution in [0.3, 0.4) is 0 Å². The van der Waals surface area contributed by atoms with E-state index >= 15 is 0 Å². The van der Waals surface area contributed by atoms with Crippen molar-refractivity contribution in [1.29, 1.82) is 0 Å². The molecular weight excluding hydrogens is 308 g/mol. The number of nitrogens with one attached hydrogen (secondary N) is 2. The summed E-state index contributed by atoms with van der Waals surface area (Å²) < 4.78 is 1.31. The number of aromatic amines is 1. The highest BCUT2D eigenvalue weighted by Gasteiger charge is 2.14. The molecule has 0 saturated carbocycles. The summed E-state index contributed by atoms with van der Waals surface area (Å²) in [6.45, 7) is 2.32. The zero-order chi connectivity index (χ0) is 17.4. The van der Waals surface area contributed by atoms with Crippen molar-refractivity contribution in [2.24, 2.45) is 0 Å². The van der Waals surface area contributed by atoms with Gasteiger partial charge in [-0.1, -0.05) is 25.8 Å². The van der Waals surface area contributed by atoms with Gasteiger partial charge >= 0.3 is 5.69 Å². The number of hydrogen-bond acceptors (Lipinski definition) is 4. The third kappa shape index (κ3) is 5.19. The van der Waals surface area contributed by atoms with Crippen molar-refractivity contribution in [3.05, 3.63) is 63.2 Å². The highest BCUT2D eigenvalue weighted by molar-refractivity contribution is 5.76. The second kappa shape index (κ2) is 8.81. The fourth-order valence-electron chi connectivity index (χ4n) is 2.42. The molecule has 24 heavy (non-hydrogen) atoms. The average Bonchev–Trinajstić information content (AvgIpc) is 2.58. The average molecular weight is 330 g/mol. The lowest BCUT2D eigenvalue weighted by Gasteiger charge is -2.19. The van der Waals surface area contributed by atoms with Gasteiger partial charge in [0.2, 0.25) is 5.91 Å². The lowest BCUT2D eigenvalue weighted by molar-refractivity contribution is -0.122. The van der Waals surface area contributed by atoms with Gasteiger partial charge < -0.3 is 9.88 Å². The molecule has 2 aromatic heterocycles. The number of rotatable bonds is 8. The molecule has 0 bridgehead atoms. The molecule has 0 saturated heterocycles. The minimum Gasteiger partial charge on any atom is -0.349 e. The molecule has 0 fully saturated rings. The maximum absolute atomic E-state index is 12.2. The minimum absolute atomic E-state index is 0.0848. The van der Waals surface area contributed by atoms with E-state index in [1.807, 2.05) is 12.1 Å². The lowest BCUT2D eigenvalue weighted by atomic mass is 10.0. The Hall–Kier alpha value is -2.70. The van der Waals surface area contributed by atoms with Crippen LogP contribution in [0.5, 0.6) is 0 Å². The van der Waals surface area contributed by atoms with Crippen LogP contribution in [0.4, 0.5) is 0 Å². The normalized spacial score (nSPS) is 11.9. The summed E-state index contributed by atoms with van der Waals surface area (Å²) in [5.74, 6) is -0.141. The van der Waals surface area contributed by atoms with Crippen molar-refractivity contribution in [3.8, 4) is 0 Å². The Bertz CT molecular complexity index is 767. The summed E-state index contributed by atoms with van der Waals surface area (Å²) >= 11 is 0. The number of H-pyrrole nitrogens is 1. The van der Waals surface area contributed by atoms with Gasteiger partial charge in [-0.15, -0.1) is 0 Å². The topological polar surface area (TPSA) is 96.9 Å². The van der Waals surface area contributed by atoms with Crippen molar-refractivity contribution in [2.75, 3.05) is 0 Å². The molecule has 2 heterocycles. The third-order valence-electron chi connectivity index (χ3n) is 3.74. The van der Waals surface area contributed by atoms with E-state index in [0.717, 1.165) is 24.8 Å². The summed E-state index contributed by atoms with van der Waals surface area (Å²) in [5.41, 5.74) is 0.0162. The quantitative estimate of drug-likeness (QED) is 0.764. The largest absolute Gasteiger partial charge is 0.349 e. The van der Waals surface area contributed by atoms with E-state index in [4.69, 9.17) is 0 Å². The predicted molar refractivity (Wildman–Crippen MR) is 90.6 cm³/mol. The van der Waals surface area contributed by atoms with Crippen molar-refractivity contribution in [3.63, 3.8) is 0 Å². The molecule has 1 atom stereocenters. The van der Waals surface area contributed by atoms with Crippen molar-refractivity contribution in [1.82, 2.24) is 19.9 Å². The van der Waals surface area contributed by atoms with Gasteiger partial charge in [0.25, 0.3) is 5.56 Å². The number of unbranched alkanes of at least 4 members (excludes halogenated alkanes) is 1. The number of carbonyl (C=O) groups is 1. The molecule has 0 spiro atoms. The molecule has 7 heteroatoms. The molecular formula is C17H22N4O3. The zero-order valence-electron chi connectivity index (χ0n) is 13.7. The molecule has 2 rings (SSSR count). The second-order valence-corrected chi connectivity index (χ2v) is 5.60. The third-order valence-corrected chi connectivity index (χ3v) is 3.74. The smallest absolute Gasteiger partial charge is 0.328 e. The van der Waals surface area contributed by atoms with Gasteiger partial charge in [-0.2, -0.15) is 0 Å². The first-order valence-corrected chi connectivity index (χ1v) is 8.09. The SMILES string of the molecule is CCCC[C@@H](NC(=O)CCn1ccc(=O)[nH]c1=O)c1cccnc1. The van der Waals surface area contributed by atoms with Crippen LogP contribution >= 0.6 is 0 Å². The molecule has 2 aromatic rings. The molecule has 2 N–H and O–H groups in total. The Kier molecular flexibility index (Phi) is 6.48. The van der Waals surface area contributed by atoms with Crippen molar-refractivity contribution in [2.45, 2.75) is 45.2 Å². The maximum atomic E-state index is 12.2. The van der Waals surface area contributed by atoms with E-state index in [1.54, 1.807) is 12.4 Å². The van der Waals surface area contributed by atoms with E-state index in [-0.39, 0.29) is 24.9 Å². The van der Waals surface area contributed by atoms with Gasteiger partial charge in [-0.05, 0) is 18.1 Å². The van der Waals surface area contributed by atoms with Crippen LogP contribution < -0.4 is 16.6 Å². The number of carbonyl (C=O) groups excluding carboxylic acids is 1. The van der Waals surface area contributed by atoms with Crippen LogP contribution in [0.15, 0.2) is 46.4 Å². The van der Waals surface area contributed by atoms with Gasteiger partial charge in [-0.25, -0.2) is 4.79 Å². The van der Waals surface area contributed by atoms with Gasteiger partial charge in [0.05, 0.1) is 6.04 Å². The van der Waals surface area contributed by atoms with Gasteiger partial charge in [0.1, 0.15) is 0 Å². The molecule has 128 valence electrons. The fraction of sp³-hybridized carbons (Fsp3) is 0.412. The highest BCUT2D eigenvalue weighted by atomic mass is 16.2. The Morgan fingerprint density at radius 1 is 1.38 bits per heavy atom. The van der Waals surface area contributed by atoms with Crippen LogP contribution in [-0.2, 0) is 11.3 Å². The summed E-state index contributed by atoms with van der Waals surface area (Å²) in [6, 6.07) is 4.97. The minimum atomic E-state index is -0.509. The fourth-order valence-corrected chi connectivity index (χ4v) is 2.42. The first-order chi connectivity index (χ1) is 11.6. The Morgan fingerprint density at radius 2 is 2.21 bits per heavy atom. The Morgan fingerprint density at radius 3 is 2.88 bits per heavy atom. The van der Waals surface area contributed by atoms with E-state index in [0.29, 0.717) is 0 Å².